The minimum atomic E-state index is -0.177. The highest BCUT2D eigenvalue weighted by molar-refractivity contribution is 9.09. The first kappa shape index (κ1) is 14.5. The van der Waals surface area contributed by atoms with Gasteiger partial charge in [0.25, 0.3) is 0 Å². The molecule has 0 aliphatic carbocycles. The van der Waals surface area contributed by atoms with Crippen LogP contribution >= 0.6 is 27.5 Å². The van der Waals surface area contributed by atoms with Crippen LogP contribution in [0.5, 0.6) is 0 Å². The first-order valence-electron chi connectivity index (χ1n) is 6.23. The second-order valence-electron chi connectivity index (χ2n) is 4.65. The van der Waals surface area contributed by atoms with Gasteiger partial charge in [-0.05, 0) is 48.1 Å². The van der Waals surface area contributed by atoms with Crippen molar-refractivity contribution in [1.29, 1.82) is 0 Å². The lowest BCUT2D eigenvalue weighted by molar-refractivity contribution is 0.550. The molecule has 100 valence electrons. The largest absolute Gasteiger partial charge is 0.207 e. The van der Waals surface area contributed by atoms with Crippen molar-refractivity contribution in [2.45, 2.75) is 12.8 Å². The fourth-order valence-electron chi connectivity index (χ4n) is 2.14. The molecule has 0 aliphatic heterocycles. The number of alkyl halides is 1. The molecule has 2 aromatic rings. The van der Waals surface area contributed by atoms with Gasteiger partial charge < -0.3 is 0 Å². The third kappa shape index (κ3) is 4.32. The van der Waals surface area contributed by atoms with E-state index in [1.807, 2.05) is 18.2 Å². The molecule has 3 heteroatoms. The van der Waals surface area contributed by atoms with Gasteiger partial charge >= 0.3 is 0 Å². The molecule has 0 spiro atoms. The van der Waals surface area contributed by atoms with Crippen LogP contribution in [-0.4, -0.2) is 5.33 Å². The third-order valence-electron chi connectivity index (χ3n) is 3.10. The van der Waals surface area contributed by atoms with Gasteiger partial charge in [-0.2, -0.15) is 0 Å². The fraction of sp³-hybridized carbons (Fsp3) is 0.250. The lowest BCUT2D eigenvalue weighted by Crippen LogP contribution is -2.11. The molecule has 2 aromatic carbocycles. The molecule has 0 saturated heterocycles. The predicted octanol–water partition coefficient (Wildman–Crippen LogP) is 5.28. The van der Waals surface area contributed by atoms with E-state index in [0.29, 0.717) is 22.9 Å². The van der Waals surface area contributed by atoms with E-state index in [9.17, 15) is 4.39 Å². The second-order valence-corrected chi connectivity index (χ2v) is 5.73. The van der Waals surface area contributed by atoms with Gasteiger partial charge in [-0.15, -0.1) is 0 Å². The van der Waals surface area contributed by atoms with E-state index in [0.717, 1.165) is 11.8 Å². The Hall–Kier alpha value is -0.860. The zero-order valence-corrected chi connectivity index (χ0v) is 12.8. The van der Waals surface area contributed by atoms with Crippen LogP contribution in [0, 0.1) is 11.7 Å². The molecule has 0 radical (unpaired) electrons. The maximum atomic E-state index is 13.7. The molecule has 0 nitrogen and oxygen atoms in total. The molecule has 0 fully saturated rings. The van der Waals surface area contributed by atoms with Crippen molar-refractivity contribution < 1.29 is 4.39 Å². The minimum Gasteiger partial charge on any atom is -0.207 e. The Balaban J connectivity index is 2.09. The van der Waals surface area contributed by atoms with Crippen LogP contribution < -0.4 is 0 Å². The summed E-state index contributed by atoms with van der Waals surface area (Å²) in [6, 6.07) is 15.0. The van der Waals surface area contributed by atoms with Crippen LogP contribution in [0.15, 0.2) is 48.5 Å². The maximum Gasteiger partial charge on any atom is 0.126 e. The van der Waals surface area contributed by atoms with Crippen LogP contribution in [0.25, 0.3) is 0 Å². The van der Waals surface area contributed by atoms with E-state index in [2.05, 4.69) is 28.1 Å². The molecule has 0 amide bonds. The van der Waals surface area contributed by atoms with Crippen LogP contribution in [0.1, 0.15) is 11.1 Å². The topological polar surface area (TPSA) is 0 Å². The standard InChI is InChI=1S/C16H15BrClF/c17-11-13(8-12-4-2-1-3-5-12)9-14-10-15(18)6-7-16(14)19/h1-7,10,13H,8-9,11H2. The lowest BCUT2D eigenvalue weighted by atomic mass is 9.94. The Labute approximate surface area is 126 Å². The first-order chi connectivity index (χ1) is 9.19. The smallest absolute Gasteiger partial charge is 0.126 e. The number of rotatable bonds is 5. The van der Waals surface area contributed by atoms with Gasteiger partial charge in [-0.1, -0.05) is 57.9 Å². The Kier molecular flexibility index (Phi) is 5.41. The average Bonchev–Trinajstić information content (AvgIpc) is 2.43. The van der Waals surface area contributed by atoms with Gasteiger partial charge in [-0.3, -0.25) is 0 Å². The van der Waals surface area contributed by atoms with Gasteiger partial charge in [0, 0.05) is 10.4 Å². The van der Waals surface area contributed by atoms with E-state index < -0.39 is 0 Å². The molecular weight excluding hydrogens is 327 g/mol. The van der Waals surface area contributed by atoms with Crippen LogP contribution in [0.3, 0.4) is 0 Å². The summed E-state index contributed by atoms with van der Waals surface area (Å²) in [6.45, 7) is 0. The normalized spacial score (nSPS) is 12.4. The van der Waals surface area contributed by atoms with E-state index >= 15 is 0 Å². The summed E-state index contributed by atoms with van der Waals surface area (Å²) in [6.07, 6.45) is 1.62. The van der Waals surface area contributed by atoms with Crippen molar-refractivity contribution in [3.63, 3.8) is 0 Å². The summed E-state index contributed by atoms with van der Waals surface area (Å²) < 4.78 is 13.7. The van der Waals surface area contributed by atoms with Crippen LogP contribution in [0.2, 0.25) is 5.02 Å². The van der Waals surface area contributed by atoms with E-state index in [1.165, 1.54) is 11.6 Å². The summed E-state index contributed by atoms with van der Waals surface area (Å²) in [5, 5.41) is 1.43. The van der Waals surface area contributed by atoms with Crippen LogP contribution in [-0.2, 0) is 12.8 Å². The molecule has 0 saturated carbocycles. The highest BCUT2D eigenvalue weighted by Crippen LogP contribution is 2.21. The van der Waals surface area contributed by atoms with Gasteiger partial charge in [0.2, 0.25) is 0 Å². The number of halogens is 3. The van der Waals surface area contributed by atoms with Crippen molar-refractivity contribution >= 4 is 27.5 Å². The molecule has 19 heavy (non-hydrogen) atoms. The Morgan fingerprint density at radius 3 is 2.47 bits per heavy atom. The zero-order chi connectivity index (χ0) is 13.7. The summed E-state index contributed by atoms with van der Waals surface area (Å²) in [5.74, 6) is 0.179. The molecule has 2 rings (SSSR count). The SMILES string of the molecule is Fc1ccc(Cl)cc1CC(CBr)Cc1ccccc1. The summed E-state index contributed by atoms with van der Waals surface area (Å²) >= 11 is 9.44. The lowest BCUT2D eigenvalue weighted by Gasteiger charge is -2.15. The highest BCUT2D eigenvalue weighted by atomic mass is 79.9. The zero-order valence-electron chi connectivity index (χ0n) is 10.5. The number of hydrogen-bond donors (Lipinski definition) is 0. The van der Waals surface area contributed by atoms with Gasteiger partial charge in [0.05, 0.1) is 0 Å². The molecule has 1 atom stereocenters. The predicted molar refractivity (Wildman–Crippen MR) is 82.5 cm³/mol. The number of benzene rings is 2. The Morgan fingerprint density at radius 2 is 1.79 bits per heavy atom. The van der Waals surface area contributed by atoms with E-state index in [4.69, 9.17) is 11.6 Å². The molecule has 0 N–H and O–H groups in total. The van der Waals surface area contributed by atoms with Gasteiger partial charge in [0.15, 0.2) is 0 Å². The molecule has 0 bridgehead atoms. The molecule has 1 unspecified atom stereocenters. The molecule has 0 heterocycles. The Bertz CT molecular complexity index is 528. The molecular formula is C16H15BrClF. The van der Waals surface area contributed by atoms with E-state index in [1.54, 1.807) is 12.1 Å². The number of hydrogen-bond acceptors (Lipinski definition) is 0. The van der Waals surface area contributed by atoms with Crippen molar-refractivity contribution in [2.24, 2.45) is 5.92 Å². The molecule has 0 aliphatic rings. The van der Waals surface area contributed by atoms with Crippen LogP contribution in [0.4, 0.5) is 4.39 Å². The monoisotopic (exact) mass is 340 g/mol. The van der Waals surface area contributed by atoms with Crippen molar-refractivity contribution in [3.8, 4) is 0 Å². The van der Waals surface area contributed by atoms with E-state index in [-0.39, 0.29) is 5.82 Å². The maximum absolute atomic E-state index is 13.7. The van der Waals surface area contributed by atoms with Crippen molar-refractivity contribution in [1.82, 2.24) is 0 Å². The second kappa shape index (κ2) is 7.06. The van der Waals surface area contributed by atoms with Gasteiger partial charge in [-0.25, -0.2) is 4.39 Å². The highest BCUT2D eigenvalue weighted by Gasteiger charge is 2.12. The first-order valence-corrected chi connectivity index (χ1v) is 7.73. The quantitative estimate of drug-likeness (QED) is 0.649. The van der Waals surface area contributed by atoms with Crippen molar-refractivity contribution in [3.05, 3.63) is 70.5 Å². The Morgan fingerprint density at radius 1 is 1.05 bits per heavy atom. The third-order valence-corrected chi connectivity index (χ3v) is 4.25. The summed E-state index contributed by atoms with van der Waals surface area (Å²) in [7, 11) is 0. The van der Waals surface area contributed by atoms with Gasteiger partial charge in [0.1, 0.15) is 5.82 Å². The minimum absolute atomic E-state index is 0.177. The average molecular weight is 342 g/mol. The van der Waals surface area contributed by atoms with Crippen molar-refractivity contribution in [2.75, 3.05) is 5.33 Å². The summed E-state index contributed by atoms with van der Waals surface area (Å²) in [5.41, 5.74) is 1.96. The fourth-order valence-corrected chi connectivity index (χ4v) is 2.79. The molecule has 0 aromatic heterocycles. The summed E-state index contributed by atoms with van der Waals surface area (Å²) in [4.78, 5) is 0.